The van der Waals surface area contributed by atoms with Gasteiger partial charge in [0, 0.05) is 25.5 Å². The molecule has 0 saturated carbocycles. The van der Waals surface area contributed by atoms with Gasteiger partial charge < -0.3 is 19.9 Å². The third kappa shape index (κ3) is 6.95. The van der Waals surface area contributed by atoms with Gasteiger partial charge in [-0.15, -0.1) is 0 Å². The van der Waals surface area contributed by atoms with E-state index in [9.17, 15) is 0 Å². The molecule has 0 aliphatic rings. The maximum Gasteiger partial charge on any atom is 0.191 e. The van der Waals surface area contributed by atoms with Gasteiger partial charge in [-0.25, -0.2) is 9.98 Å². The molecule has 0 fully saturated rings. The minimum absolute atomic E-state index is 0.0224. The van der Waals surface area contributed by atoms with Crippen LogP contribution < -0.4 is 15.4 Å². The molecule has 0 aliphatic carbocycles. The molecular weight excluding hydrogens is 374 g/mol. The Balaban J connectivity index is 1.55. The number of guanidine groups is 1. The van der Waals surface area contributed by atoms with E-state index in [2.05, 4.69) is 71.3 Å². The summed E-state index contributed by atoms with van der Waals surface area (Å²) in [5.74, 6) is 1.68. The fourth-order valence-electron chi connectivity index (χ4n) is 3.13. The predicted octanol–water partition coefficient (Wildman–Crippen LogP) is 3.76. The highest BCUT2D eigenvalue weighted by Crippen LogP contribution is 2.14. The van der Waals surface area contributed by atoms with E-state index in [0.29, 0.717) is 13.1 Å². The average Bonchev–Trinajstić information content (AvgIpc) is 3.23. The van der Waals surface area contributed by atoms with Gasteiger partial charge in [-0.3, -0.25) is 0 Å². The molecule has 158 valence electrons. The number of aliphatic imine (C=N–C) groups is 1. The van der Waals surface area contributed by atoms with Crippen LogP contribution in [0.5, 0.6) is 5.75 Å². The van der Waals surface area contributed by atoms with E-state index in [4.69, 9.17) is 9.73 Å². The Labute approximate surface area is 179 Å². The molecule has 3 rings (SSSR count). The normalized spacial score (nSPS) is 12.4. The first-order chi connectivity index (χ1) is 14.6. The zero-order chi connectivity index (χ0) is 21.2. The lowest BCUT2D eigenvalue weighted by Gasteiger charge is -2.18. The van der Waals surface area contributed by atoms with Crippen molar-refractivity contribution in [3.63, 3.8) is 0 Å². The van der Waals surface area contributed by atoms with Gasteiger partial charge in [-0.2, -0.15) is 0 Å². The number of rotatable bonds is 9. The van der Waals surface area contributed by atoms with Gasteiger partial charge in [-0.05, 0) is 49.6 Å². The molecule has 1 aromatic heterocycles. The van der Waals surface area contributed by atoms with Gasteiger partial charge in [-0.1, -0.05) is 36.4 Å². The largest absolute Gasteiger partial charge is 0.489 e. The Bertz CT molecular complexity index is 936. The van der Waals surface area contributed by atoms with Crippen molar-refractivity contribution in [3.05, 3.63) is 83.9 Å². The molecule has 3 aromatic rings. The second-order valence-electron chi connectivity index (χ2n) is 7.38. The maximum atomic E-state index is 6.00. The number of aryl methyl sites for hydroxylation is 1. The van der Waals surface area contributed by atoms with Crippen molar-refractivity contribution in [1.29, 1.82) is 0 Å². The average molecular weight is 406 g/mol. The molecule has 2 aromatic carbocycles. The van der Waals surface area contributed by atoms with Gasteiger partial charge in [0.05, 0.1) is 19.4 Å². The molecule has 1 heterocycles. The minimum Gasteiger partial charge on any atom is -0.489 e. The van der Waals surface area contributed by atoms with Crippen molar-refractivity contribution in [1.82, 2.24) is 20.2 Å². The molecule has 6 heteroatoms. The van der Waals surface area contributed by atoms with E-state index >= 15 is 0 Å². The summed E-state index contributed by atoms with van der Waals surface area (Å²) in [4.78, 5) is 8.83. The van der Waals surface area contributed by atoms with Crippen LogP contribution in [0, 0.1) is 6.92 Å². The van der Waals surface area contributed by atoms with E-state index in [1.54, 1.807) is 6.20 Å². The standard InChI is InChI=1S/C24H31N5O/c1-4-26-24(27-15-20(3)30-23-10-5-7-19(2)13-23)28-16-21-8-6-9-22(14-21)17-29-12-11-25-18-29/h5-14,18,20H,4,15-17H2,1-3H3,(H2,26,27,28). The number of hydrogen-bond donors (Lipinski definition) is 2. The lowest BCUT2D eigenvalue weighted by atomic mass is 10.1. The summed E-state index contributed by atoms with van der Waals surface area (Å²) in [6.07, 6.45) is 5.62. The Morgan fingerprint density at radius 2 is 1.97 bits per heavy atom. The number of hydrogen-bond acceptors (Lipinski definition) is 3. The summed E-state index contributed by atoms with van der Waals surface area (Å²) in [7, 11) is 0. The first-order valence-corrected chi connectivity index (χ1v) is 10.4. The zero-order valence-electron chi connectivity index (χ0n) is 18.0. The van der Waals surface area contributed by atoms with Crippen LogP contribution in [0.1, 0.15) is 30.5 Å². The van der Waals surface area contributed by atoms with Crippen molar-refractivity contribution in [3.8, 4) is 5.75 Å². The SMILES string of the molecule is CCNC(=NCc1cccc(Cn2ccnc2)c1)NCC(C)Oc1cccc(C)c1. The Kier molecular flexibility index (Phi) is 7.89. The van der Waals surface area contributed by atoms with E-state index in [0.717, 1.165) is 24.8 Å². The highest BCUT2D eigenvalue weighted by atomic mass is 16.5. The number of ether oxygens (including phenoxy) is 1. The number of benzene rings is 2. The minimum atomic E-state index is 0.0224. The number of nitrogens with zero attached hydrogens (tertiary/aromatic N) is 3. The Morgan fingerprint density at radius 1 is 1.13 bits per heavy atom. The molecule has 2 N–H and O–H groups in total. The number of aromatic nitrogens is 2. The second-order valence-corrected chi connectivity index (χ2v) is 7.38. The van der Waals surface area contributed by atoms with Crippen LogP contribution in [0.4, 0.5) is 0 Å². The first-order valence-electron chi connectivity index (χ1n) is 10.4. The summed E-state index contributed by atoms with van der Waals surface area (Å²) < 4.78 is 8.06. The van der Waals surface area contributed by atoms with E-state index in [-0.39, 0.29) is 6.10 Å². The number of nitrogens with one attached hydrogen (secondary N) is 2. The summed E-state index contributed by atoms with van der Waals surface area (Å²) in [5.41, 5.74) is 3.60. The molecule has 0 spiro atoms. The predicted molar refractivity (Wildman–Crippen MR) is 122 cm³/mol. The highest BCUT2D eigenvalue weighted by molar-refractivity contribution is 5.79. The summed E-state index contributed by atoms with van der Waals surface area (Å²) in [6.45, 7) is 9.08. The van der Waals surface area contributed by atoms with Crippen molar-refractivity contribution >= 4 is 5.96 Å². The van der Waals surface area contributed by atoms with Crippen LogP contribution in [0.2, 0.25) is 0 Å². The highest BCUT2D eigenvalue weighted by Gasteiger charge is 2.06. The molecular formula is C24H31N5O. The smallest absolute Gasteiger partial charge is 0.191 e. The molecule has 1 atom stereocenters. The molecule has 30 heavy (non-hydrogen) atoms. The molecule has 6 nitrogen and oxygen atoms in total. The topological polar surface area (TPSA) is 63.5 Å². The molecule has 0 bridgehead atoms. The Hall–Kier alpha value is -3.28. The summed E-state index contributed by atoms with van der Waals surface area (Å²) in [5, 5.41) is 6.68. The fraction of sp³-hybridized carbons (Fsp3) is 0.333. The van der Waals surface area contributed by atoms with Gasteiger partial charge >= 0.3 is 0 Å². The summed E-state index contributed by atoms with van der Waals surface area (Å²) >= 11 is 0. The third-order valence-electron chi connectivity index (χ3n) is 4.56. The van der Waals surface area contributed by atoms with Crippen molar-refractivity contribution in [2.24, 2.45) is 4.99 Å². The molecule has 0 saturated heterocycles. The first kappa shape index (κ1) is 21.4. The van der Waals surface area contributed by atoms with Crippen LogP contribution in [0.15, 0.2) is 72.2 Å². The summed E-state index contributed by atoms with van der Waals surface area (Å²) in [6, 6.07) is 16.6. The third-order valence-corrected chi connectivity index (χ3v) is 4.56. The van der Waals surface area contributed by atoms with Crippen molar-refractivity contribution in [2.75, 3.05) is 13.1 Å². The van der Waals surface area contributed by atoms with Crippen LogP contribution in [-0.2, 0) is 13.1 Å². The molecule has 0 amide bonds. The number of imidazole rings is 1. The lowest BCUT2D eigenvalue weighted by molar-refractivity contribution is 0.223. The zero-order valence-corrected chi connectivity index (χ0v) is 18.0. The van der Waals surface area contributed by atoms with Crippen molar-refractivity contribution in [2.45, 2.75) is 40.0 Å². The molecule has 0 aliphatic heterocycles. The van der Waals surface area contributed by atoms with Crippen molar-refractivity contribution < 1.29 is 4.74 Å². The van der Waals surface area contributed by atoms with Crippen LogP contribution in [0.3, 0.4) is 0 Å². The Morgan fingerprint density at radius 3 is 2.73 bits per heavy atom. The van der Waals surface area contributed by atoms with E-state index in [1.165, 1.54) is 16.7 Å². The fourth-order valence-corrected chi connectivity index (χ4v) is 3.13. The molecule has 0 radical (unpaired) electrons. The van der Waals surface area contributed by atoms with Gasteiger partial charge in [0.2, 0.25) is 0 Å². The van der Waals surface area contributed by atoms with Crippen LogP contribution in [0.25, 0.3) is 0 Å². The lowest BCUT2D eigenvalue weighted by Crippen LogP contribution is -2.41. The molecule has 1 unspecified atom stereocenters. The van der Waals surface area contributed by atoms with E-state index in [1.807, 2.05) is 30.7 Å². The van der Waals surface area contributed by atoms with E-state index < -0.39 is 0 Å². The van der Waals surface area contributed by atoms with Gasteiger partial charge in [0.15, 0.2) is 5.96 Å². The maximum absolute atomic E-state index is 6.00. The quantitative estimate of drug-likeness (QED) is 0.420. The van der Waals surface area contributed by atoms with Crippen LogP contribution >= 0.6 is 0 Å². The van der Waals surface area contributed by atoms with Gasteiger partial charge in [0.1, 0.15) is 11.9 Å². The van der Waals surface area contributed by atoms with Crippen LogP contribution in [-0.4, -0.2) is 34.7 Å². The van der Waals surface area contributed by atoms with Gasteiger partial charge in [0.25, 0.3) is 0 Å². The second kappa shape index (κ2) is 11.0. The monoisotopic (exact) mass is 405 g/mol.